The molecule has 0 aliphatic carbocycles. The number of para-hydroxylation sites is 1. The van der Waals surface area contributed by atoms with Gasteiger partial charge in [-0.25, -0.2) is 13.4 Å². The van der Waals surface area contributed by atoms with Crippen molar-refractivity contribution in [1.29, 1.82) is 0 Å². The highest BCUT2D eigenvalue weighted by atomic mass is 32.2. The molecule has 2 aromatic carbocycles. The first-order chi connectivity index (χ1) is 15.9. The van der Waals surface area contributed by atoms with Crippen molar-refractivity contribution >= 4 is 21.6 Å². The van der Waals surface area contributed by atoms with Crippen LogP contribution < -0.4 is 14.4 Å². The molecule has 1 N–H and O–H groups in total. The maximum Gasteiger partial charge on any atom is 0.264 e. The van der Waals surface area contributed by atoms with Gasteiger partial charge in [0.05, 0.1) is 16.9 Å². The average Bonchev–Trinajstić information content (AvgIpc) is 3.34. The summed E-state index contributed by atoms with van der Waals surface area (Å²) < 4.78 is 35.7. The summed E-state index contributed by atoms with van der Waals surface area (Å²) in [5, 5.41) is 2.82. The summed E-state index contributed by atoms with van der Waals surface area (Å²) in [6.07, 6.45) is 7.78. The lowest BCUT2D eigenvalue weighted by atomic mass is 10.0. The molecular formula is C24H28N4O4S. The van der Waals surface area contributed by atoms with Gasteiger partial charge < -0.3 is 14.6 Å². The number of amides is 1. The molecule has 0 fully saturated rings. The van der Waals surface area contributed by atoms with E-state index in [2.05, 4.69) is 10.3 Å². The summed E-state index contributed by atoms with van der Waals surface area (Å²) in [6.45, 7) is 3.42. The number of anilines is 1. The van der Waals surface area contributed by atoms with Crippen molar-refractivity contribution in [2.75, 3.05) is 24.0 Å². The second-order valence-corrected chi connectivity index (χ2v) is 9.89. The fourth-order valence-corrected chi connectivity index (χ4v) is 5.55. The topological polar surface area (TPSA) is 93.5 Å². The molecule has 1 aliphatic heterocycles. The number of nitrogens with one attached hydrogen (secondary N) is 1. The van der Waals surface area contributed by atoms with Gasteiger partial charge >= 0.3 is 0 Å². The number of aromatic nitrogens is 2. The fraction of sp³-hybridized carbons (Fsp3) is 0.333. The van der Waals surface area contributed by atoms with Gasteiger partial charge in [-0.15, -0.1) is 0 Å². The van der Waals surface area contributed by atoms with E-state index in [0.29, 0.717) is 24.4 Å². The van der Waals surface area contributed by atoms with Gasteiger partial charge in [0.2, 0.25) is 0 Å². The second kappa shape index (κ2) is 10.1. The molecule has 4 rings (SSSR count). The summed E-state index contributed by atoms with van der Waals surface area (Å²) in [5.41, 5.74) is 2.45. The zero-order valence-electron chi connectivity index (χ0n) is 18.6. The summed E-state index contributed by atoms with van der Waals surface area (Å²) in [6, 6.07) is 12.4. The Morgan fingerprint density at radius 3 is 2.85 bits per heavy atom. The van der Waals surface area contributed by atoms with Crippen molar-refractivity contribution in [3.63, 3.8) is 0 Å². The van der Waals surface area contributed by atoms with Gasteiger partial charge in [0, 0.05) is 32.0 Å². The molecule has 0 saturated carbocycles. The number of ether oxygens (including phenoxy) is 1. The van der Waals surface area contributed by atoms with Crippen molar-refractivity contribution < 1.29 is 17.9 Å². The van der Waals surface area contributed by atoms with Gasteiger partial charge in [-0.05, 0) is 61.6 Å². The van der Waals surface area contributed by atoms with E-state index in [1.54, 1.807) is 31.6 Å². The van der Waals surface area contributed by atoms with E-state index in [9.17, 15) is 13.2 Å². The molecule has 3 aromatic rings. The molecule has 0 atom stereocenters. The van der Waals surface area contributed by atoms with E-state index < -0.39 is 10.0 Å². The highest BCUT2D eigenvalue weighted by molar-refractivity contribution is 7.92. The Kier molecular flexibility index (Phi) is 6.98. The Labute approximate surface area is 194 Å². The maximum absolute atomic E-state index is 13.3. The van der Waals surface area contributed by atoms with Crippen LogP contribution in [0.15, 0.2) is 66.1 Å². The Morgan fingerprint density at radius 2 is 2.06 bits per heavy atom. The lowest BCUT2D eigenvalue weighted by Gasteiger charge is -2.30. The van der Waals surface area contributed by atoms with Crippen molar-refractivity contribution in [2.45, 2.75) is 37.6 Å². The third-order valence-electron chi connectivity index (χ3n) is 5.64. The van der Waals surface area contributed by atoms with Gasteiger partial charge in [0.15, 0.2) is 6.61 Å². The molecule has 0 unspecified atom stereocenters. The normalized spacial score (nSPS) is 13.4. The summed E-state index contributed by atoms with van der Waals surface area (Å²) in [4.78, 5) is 16.3. The molecule has 0 bridgehead atoms. The fourth-order valence-electron chi connectivity index (χ4n) is 3.92. The summed E-state index contributed by atoms with van der Waals surface area (Å²) in [5.74, 6) is 0.267. The SMILES string of the molecule is Cc1cc(S(=O)(=O)N2CCCc3ccccc32)ccc1OCC(=O)NCCCn1ccnc1. The predicted octanol–water partition coefficient (Wildman–Crippen LogP) is 2.92. The summed E-state index contributed by atoms with van der Waals surface area (Å²) in [7, 11) is -3.69. The van der Waals surface area contributed by atoms with Gasteiger partial charge in [0.1, 0.15) is 5.75 Å². The van der Waals surface area contributed by atoms with E-state index in [0.717, 1.165) is 37.1 Å². The van der Waals surface area contributed by atoms with Crippen LogP contribution >= 0.6 is 0 Å². The van der Waals surface area contributed by atoms with Crippen LogP contribution in [0.1, 0.15) is 24.0 Å². The molecule has 1 aliphatic rings. The highest BCUT2D eigenvalue weighted by Gasteiger charge is 2.29. The average molecular weight is 469 g/mol. The number of carbonyl (C=O) groups is 1. The van der Waals surface area contributed by atoms with E-state index in [4.69, 9.17) is 4.74 Å². The number of hydrogen-bond acceptors (Lipinski definition) is 5. The Morgan fingerprint density at radius 1 is 1.21 bits per heavy atom. The third-order valence-corrected chi connectivity index (χ3v) is 7.44. The van der Waals surface area contributed by atoms with Crippen molar-refractivity contribution in [2.24, 2.45) is 0 Å². The van der Waals surface area contributed by atoms with Crippen LogP contribution in [0.4, 0.5) is 5.69 Å². The number of imidazole rings is 1. The third kappa shape index (κ3) is 5.36. The lowest BCUT2D eigenvalue weighted by Crippen LogP contribution is -2.35. The first kappa shape index (κ1) is 22.8. The number of benzene rings is 2. The van der Waals surface area contributed by atoms with E-state index in [1.807, 2.05) is 35.0 Å². The molecule has 2 heterocycles. The molecule has 1 aromatic heterocycles. The molecule has 174 valence electrons. The number of rotatable bonds is 9. The maximum atomic E-state index is 13.3. The van der Waals surface area contributed by atoms with Crippen LogP contribution in [0.5, 0.6) is 5.75 Å². The van der Waals surface area contributed by atoms with Crippen LogP contribution in [-0.4, -0.2) is 43.6 Å². The largest absolute Gasteiger partial charge is 0.484 e. The first-order valence-electron chi connectivity index (χ1n) is 11.0. The van der Waals surface area contributed by atoms with E-state index in [-0.39, 0.29) is 17.4 Å². The predicted molar refractivity (Wildman–Crippen MR) is 126 cm³/mol. The Bertz CT molecular complexity index is 1210. The van der Waals surface area contributed by atoms with Gasteiger partial charge in [-0.2, -0.15) is 0 Å². The Hall–Kier alpha value is -3.33. The van der Waals surface area contributed by atoms with E-state index >= 15 is 0 Å². The van der Waals surface area contributed by atoms with Gasteiger partial charge in [-0.3, -0.25) is 9.10 Å². The zero-order valence-corrected chi connectivity index (χ0v) is 19.4. The van der Waals surface area contributed by atoms with Crippen molar-refractivity contribution in [1.82, 2.24) is 14.9 Å². The van der Waals surface area contributed by atoms with Crippen LogP contribution in [0.2, 0.25) is 0 Å². The van der Waals surface area contributed by atoms with Crippen LogP contribution in [-0.2, 0) is 27.8 Å². The first-order valence-corrected chi connectivity index (χ1v) is 12.5. The van der Waals surface area contributed by atoms with Crippen molar-refractivity contribution in [3.05, 3.63) is 72.3 Å². The van der Waals surface area contributed by atoms with Crippen LogP contribution in [0, 0.1) is 6.92 Å². The number of carbonyl (C=O) groups excluding carboxylic acids is 1. The quantitative estimate of drug-likeness (QED) is 0.488. The minimum Gasteiger partial charge on any atom is -0.484 e. The van der Waals surface area contributed by atoms with Crippen LogP contribution in [0.3, 0.4) is 0 Å². The number of sulfonamides is 1. The molecule has 0 spiro atoms. The van der Waals surface area contributed by atoms with Crippen molar-refractivity contribution in [3.8, 4) is 5.75 Å². The smallest absolute Gasteiger partial charge is 0.264 e. The number of nitrogens with zero attached hydrogens (tertiary/aromatic N) is 3. The molecule has 0 radical (unpaired) electrons. The Balaban J connectivity index is 1.34. The molecule has 8 nitrogen and oxygen atoms in total. The molecule has 9 heteroatoms. The number of aryl methyl sites for hydroxylation is 3. The number of hydrogen-bond donors (Lipinski definition) is 1. The molecule has 33 heavy (non-hydrogen) atoms. The lowest BCUT2D eigenvalue weighted by molar-refractivity contribution is -0.123. The molecule has 1 amide bonds. The minimum atomic E-state index is -3.69. The van der Waals surface area contributed by atoms with E-state index in [1.165, 1.54) is 10.4 Å². The standard InChI is InChI=1S/C24H28N4O4S/c1-19-16-21(33(30,31)28-14-4-7-20-6-2-3-8-22(20)28)9-10-23(19)32-17-24(29)26-11-5-13-27-15-12-25-18-27/h2-3,6,8-10,12,15-16,18H,4-5,7,11,13-14,17H2,1H3,(H,26,29). The molecular weight excluding hydrogens is 440 g/mol. The molecule has 0 saturated heterocycles. The number of fused-ring (bicyclic) bond motifs is 1. The highest BCUT2D eigenvalue weighted by Crippen LogP contribution is 2.33. The van der Waals surface area contributed by atoms with Gasteiger partial charge in [-0.1, -0.05) is 18.2 Å². The second-order valence-electron chi connectivity index (χ2n) is 8.03. The van der Waals surface area contributed by atoms with Crippen LogP contribution in [0.25, 0.3) is 0 Å². The summed E-state index contributed by atoms with van der Waals surface area (Å²) >= 11 is 0. The zero-order chi connectivity index (χ0) is 23.3. The minimum absolute atomic E-state index is 0.127. The van der Waals surface area contributed by atoms with Gasteiger partial charge in [0.25, 0.3) is 15.9 Å². The monoisotopic (exact) mass is 468 g/mol.